The Morgan fingerprint density at radius 2 is 1.70 bits per heavy atom. The SMILES string of the molecule is COc1ccc(-c2nnc(SCCCN3C(=O)c4ccccc4C3=O)o2)c(OC)c1. The second kappa shape index (κ2) is 8.58. The van der Waals surface area contributed by atoms with Gasteiger partial charge in [-0.1, -0.05) is 23.9 Å². The summed E-state index contributed by atoms with van der Waals surface area (Å²) in [5.41, 5.74) is 1.60. The Kier molecular flexibility index (Phi) is 5.71. The van der Waals surface area contributed by atoms with Gasteiger partial charge in [-0.05, 0) is 30.7 Å². The fourth-order valence-corrected chi connectivity index (χ4v) is 3.86. The minimum Gasteiger partial charge on any atom is -0.497 e. The number of thioether (sulfide) groups is 1. The van der Waals surface area contributed by atoms with E-state index in [9.17, 15) is 9.59 Å². The molecule has 0 unspecified atom stereocenters. The van der Waals surface area contributed by atoms with Crippen LogP contribution < -0.4 is 9.47 Å². The Labute approximate surface area is 177 Å². The van der Waals surface area contributed by atoms with Crippen LogP contribution in [0.2, 0.25) is 0 Å². The van der Waals surface area contributed by atoms with E-state index in [2.05, 4.69) is 10.2 Å². The third-order valence-electron chi connectivity index (χ3n) is 4.68. The number of imide groups is 1. The molecule has 0 radical (unpaired) electrons. The maximum Gasteiger partial charge on any atom is 0.276 e. The first-order valence-electron chi connectivity index (χ1n) is 9.26. The zero-order valence-electron chi connectivity index (χ0n) is 16.5. The number of carbonyl (C=O) groups is 2. The van der Waals surface area contributed by atoms with Gasteiger partial charge in [-0.15, -0.1) is 10.2 Å². The molecule has 0 aliphatic carbocycles. The van der Waals surface area contributed by atoms with E-state index in [1.165, 1.54) is 16.7 Å². The summed E-state index contributed by atoms with van der Waals surface area (Å²) in [4.78, 5) is 26.0. The average molecular weight is 425 g/mol. The van der Waals surface area contributed by atoms with Gasteiger partial charge >= 0.3 is 0 Å². The molecule has 2 heterocycles. The number of hydrogen-bond acceptors (Lipinski definition) is 8. The van der Waals surface area contributed by atoms with Crippen LogP contribution in [-0.2, 0) is 0 Å². The van der Waals surface area contributed by atoms with Crippen LogP contribution in [0.1, 0.15) is 27.1 Å². The molecule has 0 saturated heterocycles. The highest BCUT2D eigenvalue weighted by Crippen LogP contribution is 2.33. The van der Waals surface area contributed by atoms with Gasteiger partial charge in [-0.3, -0.25) is 14.5 Å². The van der Waals surface area contributed by atoms with Gasteiger partial charge in [0.05, 0.1) is 30.9 Å². The van der Waals surface area contributed by atoms with E-state index < -0.39 is 0 Å². The largest absolute Gasteiger partial charge is 0.497 e. The van der Waals surface area contributed by atoms with Crippen LogP contribution in [0.3, 0.4) is 0 Å². The number of hydrogen-bond donors (Lipinski definition) is 0. The zero-order valence-corrected chi connectivity index (χ0v) is 17.3. The third-order valence-corrected chi connectivity index (χ3v) is 5.58. The molecule has 1 aliphatic heterocycles. The van der Waals surface area contributed by atoms with Crippen LogP contribution >= 0.6 is 11.8 Å². The first kappa shape index (κ1) is 20.0. The van der Waals surface area contributed by atoms with Gasteiger partial charge in [-0.25, -0.2) is 0 Å². The monoisotopic (exact) mass is 425 g/mol. The highest BCUT2D eigenvalue weighted by atomic mass is 32.2. The van der Waals surface area contributed by atoms with Gasteiger partial charge in [0.15, 0.2) is 0 Å². The summed E-state index contributed by atoms with van der Waals surface area (Å²) in [6.45, 7) is 0.340. The number of amides is 2. The van der Waals surface area contributed by atoms with Gasteiger partial charge in [0.1, 0.15) is 11.5 Å². The number of fused-ring (bicyclic) bond motifs is 1. The van der Waals surface area contributed by atoms with Crippen LogP contribution in [0.15, 0.2) is 52.1 Å². The quantitative estimate of drug-likeness (QED) is 0.307. The van der Waals surface area contributed by atoms with E-state index in [1.807, 2.05) is 0 Å². The molecule has 0 N–H and O–H groups in total. The van der Waals surface area contributed by atoms with E-state index in [4.69, 9.17) is 13.9 Å². The van der Waals surface area contributed by atoms with Crippen molar-refractivity contribution >= 4 is 23.6 Å². The molecule has 2 amide bonds. The van der Waals surface area contributed by atoms with E-state index in [0.717, 1.165) is 0 Å². The van der Waals surface area contributed by atoms with Gasteiger partial charge in [0.2, 0.25) is 0 Å². The fraction of sp³-hybridized carbons (Fsp3) is 0.238. The molecule has 1 aromatic heterocycles. The zero-order chi connectivity index (χ0) is 21.1. The lowest BCUT2D eigenvalue weighted by atomic mass is 10.1. The summed E-state index contributed by atoms with van der Waals surface area (Å²) < 4.78 is 16.3. The summed E-state index contributed by atoms with van der Waals surface area (Å²) in [5, 5.41) is 8.54. The molecule has 8 nitrogen and oxygen atoms in total. The number of aromatic nitrogens is 2. The summed E-state index contributed by atoms with van der Waals surface area (Å²) in [6.07, 6.45) is 0.611. The minimum absolute atomic E-state index is 0.243. The summed E-state index contributed by atoms with van der Waals surface area (Å²) in [7, 11) is 3.14. The van der Waals surface area contributed by atoms with Crippen molar-refractivity contribution in [2.24, 2.45) is 0 Å². The van der Waals surface area contributed by atoms with Gasteiger partial charge in [-0.2, -0.15) is 0 Å². The highest BCUT2D eigenvalue weighted by Gasteiger charge is 2.34. The predicted octanol–water partition coefficient (Wildman–Crippen LogP) is 3.53. The molecule has 30 heavy (non-hydrogen) atoms. The van der Waals surface area contributed by atoms with Crippen molar-refractivity contribution in [3.63, 3.8) is 0 Å². The summed E-state index contributed by atoms with van der Waals surface area (Å²) in [5.74, 6) is 1.71. The van der Waals surface area contributed by atoms with Gasteiger partial charge < -0.3 is 13.9 Å². The van der Waals surface area contributed by atoms with Crippen molar-refractivity contribution in [3.05, 3.63) is 53.6 Å². The second-order valence-corrected chi connectivity index (χ2v) is 7.50. The Morgan fingerprint density at radius 3 is 2.37 bits per heavy atom. The topological polar surface area (TPSA) is 94.8 Å². The van der Waals surface area contributed by atoms with Crippen LogP contribution in [0.5, 0.6) is 11.5 Å². The molecule has 4 rings (SSSR count). The number of ether oxygens (including phenoxy) is 2. The van der Waals surface area contributed by atoms with Crippen LogP contribution in [0.4, 0.5) is 0 Å². The summed E-state index contributed by atoms with van der Waals surface area (Å²) in [6, 6.07) is 12.2. The van der Waals surface area contributed by atoms with Crippen molar-refractivity contribution in [2.75, 3.05) is 26.5 Å². The predicted molar refractivity (Wildman–Crippen MR) is 110 cm³/mol. The number of carbonyl (C=O) groups excluding carboxylic acids is 2. The molecule has 9 heteroatoms. The third kappa shape index (κ3) is 3.76. The van der Waals surface area contributed by atoms with Gasteiger partial charge in [0, 0.05) is 18.4 Å². The maximum atomic E-state index is 12.4. The fourth-order valence-electron chi connectivity index (χ4n) is 3.18. The molecule has 0 fully saturated rings. The van der Waals surface area contributed by atoms with Crippen molar-refractivity contribution < 1.29 is 23.5 Å². The molecule has 0 saturated carbocycles. The van der Waals surface area contributed by atoms with E-state index in [-0.39, 0.29) is 11.8 Å². The molecule has 1 aliphatic rings. The number of rotatable bonds is 8. The Morgan fingerprint density at radius 1 is 0.967 bits per heavy atom. The second-order valence-electron chi connectivity index (χ2n) is 6.45. The number of methoxy groups -OCH3 is 2. The molecule has 3 aromatic rings. The van der Waals surface area contributed by atoms with E-state index in [0.29, 0.717) is 58.0 Å². The standard InChI is InChI=1S/C21H19N3O5S/c1-27-13-8-9-16(17(12-13)28-2)18-22-23-21(29-18)30-11-5-10-24-19(25)14-6-3-4-7-15(14)20(24)26/h3-4,6-9,12H,5,10-11H2,1-2H3. The van der Waals surface area contributed by atoms with Gasteiger partial charge in [0.25, 0.3) is 22.9 Å². The Balaban J connectivity index is 1.34. The lowest BCUT2D eigenvalue weighted by Crippen LogP contribution is -2.30. The number of nitrogens with zero attached hydrogens (tertiary/aromatic N) is 3. The van der Waals surface area contributed by atoms with Crippen LogP contribution in [0, 0.1) is 0 Å². The van der Waals surface area contributed by atoms with Crippen LogP contribution in [0.25, 0.3) is 11.5 Å². The first-order chi connectivity index (χ1) is 14.6. The Hall–Kier alpha value is -3.33. The van der Waals surface area contributed by atoms with Crippen molar-refractivity contribution in [3.8, 4) is 23.0 Å². The normalized spacial score (nSPS) is 12.9. The lowest BCUT2D eigenvalue weighted by molar-refractivity contribution is 0.0655. The van der Waals surface area contributed by atoms with E-state index in [1.54, 1.807) is 56.7 Å². The molecular formula is C21H19N3O5S. The maximum absolute atomic E-state index is 12.4. The van der Waals surface area contributed by atoms with Crippen LogP contribution in [-0.4, -0.2) is 53.4 Å². The Bertz CT molecular complexity index is 1060. The molecule has 0 bridgehead atoms. The van der Waals surface area contributed by atoms with Crippen molar-refractivity contribution in [2.45, 2.75) is 11.6 Å². The molecule has 0 atom stereocenters. The lowest BCUT2D eigenvalue weighted by Gasteiger charge is -2.12. The van der Waals surface area contributed by atoms with Crippen molar-refractivity contribution in [1.29, 1.82) is 0 Å². The molecule has 154 valence electrons. The molecule has 2 aromatic carbocycles. The minimum atomic E-state index is -0.243. The molecular weight excluding hydrogens is 406 g/mol. The molecule has 0 spiro atoms. The first-order valence-corrected chi connectivity index (χ1v) is 10.2. The summed E-state index contributed by atoms with van der Waals surface area (Å²) >= 11 is 1.37. The highest BCUT2D eigenvalue weighted by molar-refractivity contribution is 7.99. The van der Waals surface area contributed by atoms with Crippen molar-refractivity contribution in [1.82, 2.24) is 15.1 Å². The van der Waals surface area contributed by atoms with E-state index >= 15 is 0 Å². The number of benzene rings is 2. The smallest absolute Gasteiger partial charge is 0.276 e. The average Bonchev–Trinajstić information content (AvgIpc) is 3.35.